The van der Waals surface area contributed by atoms with Gasteiger partial charge in [-0.2, -0.15) is 0 Å². The van der Waals surface area contributed by atoms with Gasteiger partial charge in [-0.15, -0.1) is 11.3 Å². The number of carbonyl (C=O) groups excluding carboxylic acids is 1. The van der Waals surface area contributed by atoms with E-state index < -0.39 is 0 Å². The molecule has 1 atom stereocenters. The van der Waals surface area contributed by atoms with Gasteiger partial charge < -0.3 is 4.74 Å². The average Bonchev–Trinajstić information content (AvgIpc) is 2.81. The Hall–Kier alpha value is -0.690. The van der Waals surface area contributed by atoms with Crippen LogP contribution in [0, 0.1) is 0 Å². The Morgan fingerprint density at radius 3 is 3.17 bits per heavy atom. The lowest BCUT2D eigenvalue weighted by Crippen LogP contribution is -2.32. The smallest absolute Gasteiger partial charge is 0.267 e. The van der Waals surface area contributed by atoms with E-state index in [-0.39, 0.29) is 12.2 Å². The summed E-state index contributed by atoms with van der Waals surface area (Å²) in [6, 6.07) is 1.94. The van der Waals surface area contributed by atoms with Crippen molar-refractivity contribution in [3.8, 4) is 0 Å². The monoisotopic (exact) mass is 331 g/mol. The largest absolute Gasteiger partial charge is 0.350 e. The minimum Gasteiger partial charge on any atom is -0.350 e. The first-order valence-electron chi connectivity index (χ1n) is 5.73. The normalized spacial score (nSPS) is 20.2. The van der Waals surface area contributed by atoms with Crippen LogP contribution in [0.5, 0.6) is 0 Å². The molecule has 1 aromatic rings. The van der Waals surface area contributed by atoms with Crippen molar-refractivity contribution in [1.82, 2.24) is 5.48 Å². The molecule has 1 fully saturated rings. The number of thiophene rings is 1. The molecule has 0 aromatic carbocycles. The molecule has 2 heterocycles. The Morgan fingerprint density at radius 2 is 2.50 bits per heavy atom. The Balaban J connectivity index is 1.73. The van der Waals surface area contributed by atoms with E-state index in [9.17, 15) is 4.79 Å². The molecule has 2 rings (SSSR count). The zero-order chi connectivity index (χ0) is 12.8. The van der Waals surface area contributed by atoms with E-state index in [2.05, 4.69) is 21.4 Å². The van der Waals surface area contributed by atoms with Crippen molar-refractivity contribution in [3.05, 3.63) is 26.9 Å². The SMILES string of the molecule is O=C(/C=C/c1csc(Br)c1)NOC1CCCCO1. The second kappa shape index (κ2) is 7.04. The molecular formula is C12H14BrNO3S. The third-order valence-corrected chi connectivity index (χ3v) is 3.97. The fraction of sp³-hybridized carbons (Fsp3) is 0.417. The molecule has 18 heavy (non-hydrogen) atoms. The van der Waals surface area contributed by atoms with Gasteiger partial charge in [0.15, 0.2) is 6.29 Å². The summed E-state index contributed by atoms with van der Waals surface area (Å²) in [7, 11) is 0. The number of hydroxylamine groups is 1. The van der Waals surface area contributed by atoms with Crippen molar-refractivity contribution in [3.63, 3.8) is 0 Å². The Morgan fingerprint density at radius 1 is 1.61 bits per heavy atom. The van der Waals surface area contributed by atoms with Gasteiger partial charge in [0.2, 0.25) is 0 Å². The summed E-state index contributed by atoms with van der Waals surface area (Å²) in [6.45, 7) is 0.694. The molecule has 0 bridgehead atoms. The van der Waals surface area contributed by atoms with E-state index in [4.69, 9.17) is 9.57 Å². The minimum absolute atomic E-state index is 0.286. The summed E-state index contributed by atoms with van der Waals surface area (Å²) >= 11 is 4.94. The van der Waals surface area contributed by atoms with E-state index in [1.807, 2.05) is 11.4 Å². The molecule has 1 unspecified atom stereocenters. The number of amides is 1. The Kier molecular flexibility index (Phi) is 5.37. The Labute approximate surface area is 118 Å². The van der Waals surface area contributed by atoms with Crippen LogP contribution in [0.2, 0.25) is 0 Å². The Bertz CT molecular complexity index is 427. The summed E-state index contributed by atoms with van der Waals surface area (Å²) in [5, 5.41) is 1.96. The number of hydrogen-bond donors (Lipinski definition) is 1. The van der Waals surface area contributed by atoms with E-state index >= 15 is 0 Å². The van der Waals surface area contributed by atoms with Crippen LogP contribution < -0.4 is 5.48 Å². The number of halogens is 1. The van der Waals surface area contributed by atoms with Crippen LogP contribution >= 0.6 is 27.3 Å². The molecule has 1 aliphatic heterocycles. The van der Waals surface area contributed by atoms with Crippen LogP contribution in [0.1, 0.15) is 24.8 Å². The van der Waals surface area contributed by atoms with E-state index in [1.54, 1.807) is 17.4 Å². The highest BCUT2D eigenvalue weighted by molar-refractivity contribution is 9.11. The van der Waals surface area contributed by atoms with Gasteiger partial charge in [0.1, 0.15) is 0 Å². The van der Waals surface area contributed by atoms with Gasteiger partial charge in [-0.25, -0.2) is 10.3 Å². The van der Waals surface area contributed by atoms with E-state index in [0.29, 0.717) is 6.61 Å². The fourth-order valence-electron chi connectivity index (χ4n) is 1.54. The quantitative estimate of drug-likeness (QED) is 0.681. The van der Waals surface area contributed by atoms with Crippen LogP contribution in [0.15, 0.2) is 21.3 Å². The van der Waals surface area contributed by atoms with Gasteiger partial charge in [-0.3, -0.25) is 4.79 Å². The number of ether oxygens (including phenoxy) is 1. The van der Waals surface area contributed by atoms with Crippen LogP contribution in [0.4, 0.5) is 0 Å². The highest BCUT2D eigenvalue weighted by Gasteiger charge is 2.14. The van der Waals surface area contributed by atoms with Crippen LogP contribution in [-0.4, -0.2) is 18.8 Å². The lowest BCUT2D eigenvalue weighted by atomic mass is 10.2. The molecule has 1 N–H and O–H groups in total. The molecule has 1 aliphatic rings. The van der Waals surface area contributed by atoms with Crippen molar-refractivity contribution in [2.75, 3.05) is 6.61 Å². The zero-order valence-electron chi connectivity index (χ0n) is 9.73. The third-order valence-electron chi connectivity index (χ3n) is 2.44. The predicted molar refractivity (Wildman–Crippen MR) is 73.9 cm³/mol. The molecule has 0 spiro atoms. The molecule has 1 amide bonds. The van der Waals surface area contributed by atoms with Gasteiger partial charge in [-0.05, 0) is 51.9 Å². The van der Waals surface area contributed by atoms with Crippen molar-refractivity contribution in [2.45, 2.75) is 25.6 Å². The van der Waals surface area contributed by atoms with Crippen molar-refractivity contribution in [2.24, 2.45) is 0 Å². The van der Waals surface area contributed by atoms with Gasteiger partial charge in [0.05, 0.1) is 3.79 Å². The molecule has 0 saturated carbocycles. The molecule has 1 saturated heterocycles. The molecular weight excluding hydrogens is 318 g/mol. The third kappa shape index (κ3) is 4.53. The van der Waals surface area contributed by atoms with Crippen molar-refractivity contribution < 1.29 is 14.4 Å². The van der Waals surface area contributed by atoms with Crippen molar-refractivity contribution >= 4 is 39.2 Å². The first-order chi connectivity index (χ1) is 8.74. The highest BCUT2D eigenvalue weighted by atomic mass is 79.9. The minimum atomic E-state index is -0.314. The van der Waals surface area contributed by atoms with Gasteiger partial charge in [0, 0.05) is 19.1 Å². The molecule has 0 aliphatic carbocycles. The summed E-state index contributed by atoms with van der Waals surface area (Å²) in [5.41, 5.74) is 3.35. The van der Waals surface area contributed by atoms with Crippen LogP contribution in [0.25, 0.3) is 6.08 Å². The standard InChI is InChI=1S/C12H14BrNO3S/c13-10-7-9(8-18-10)4-5-11(15)14-17-12-3-1-2-6-16-12/h4-5,7-8,12H,1-3,6H2,(H,14,15)/b5-4+. The topological polar surface area (TPSA) is 47.6 Å². The molecule has 98 valence electrons. The second-order valence-corrected chi connectivity index (χ2v) is 6.19. The maximum Gasteiger partial charge on any atom is 0.267 e. The molecule has 1 aromatic heterocycles. The maximum atomic E-state index is 11.5. The predicted octanol–water partition coefficient (Wildman–Crippen LogP) is 3.10. The van der Waals surface area contributed by atoms with Gasteiger partial charge in [-0.1, -0.05) is 0 Å². The first kappa shape index (κ1) is 13.7. The summed E-state index contributed by atoms with van der Waals surface area (Å²) in [6.07, 6.45) is 5.81. The van der Waals surface area contributed by atoms with Gasteiger partial charge in [0.25, 0.3) is 5.91 Å². The van der Waals surface area contributed by atoms with Crippen LogP contribution in [-0.2, 0) is 14.4 Å². The fourth-order valence-corrected chi connectivity index (χ4v) is 2.69. The van der Waals surface area contributed by atoms with E-state index in [0.717, 1.165) is 28.6 Å². The number of hydrogen-bond acceptors (Lipinski definition) is 4. The van der Waals surface area contributed by atoms with E-state index in [1.165, 1.54) is 6.08 Å². The number of nitrogens with one attached hydrogen (secondary N) is 1. The maximum absolute atomic E-state index is 11.5. The number of rotatable bonds is 4. The zero-order valence-corrected chi connectivity index (χ0v) is 12.1. The summed E-state index contributed by atoms with van der Waals surface area (Å²) < 4.78 is 6.37. The van der Waals surface area contributed by atoms with Gasteiger partial charge >= 0.3 is 0 Å². The molecule has 4 nitrogen and oxygen atoms in total. The second-order valence-electron chi connectivity index (χ2n) is 3.90. The summed E-state index contributed by atoms with van der Waals surface area (Å²) in [4.78, 5) is 16.6. The lowest BCUT2D eigenvalue weighted by Gasteiger charge is -2.21. The lowest BCUT2D eigenvalue weighted by molar-refractivity contribution is -0.198. The molecule has 0 radical (unpaired) electrons. The first-order valence-corrected chi connectivity index (χ1v) is 7.40. The summed E-state index contributed by atoms with van der Waals surface area (Å²) in [5.74, 6) is -0.286. The average molecular weight is 332 g/mol. The van der Waals surface area contributed by atoms with Crippen molar-refractivity contribution in [1.29, 1.82) is 0 Å². The highest BCUT2D eigenvalue weighted by Crippen LogP contribution is 2.21. The number of carbonyl (C=O) groups is 1. The van der Waals surface area contributed by atoms with Crippen LogP contribution in [0.3, 0.4) is 0 Å². The molecule has 6 heteroatoms.